The topological polar surface area (TPSA) is 49.1 Å². The van der Waals surface area contributed by atoms with E-state index in [1.165, 1.54) is 23.9 Å². The molecule has 1 aromatic heterocycles. The molecular formula is C24H26ClN3O. The first-order valence-corrected chi connectivity index (χ1v) is 9.90. The summed E-state index contributed by atoms with van der Waals surface area (Å²) in [6, 6.07) is 18.0. The lowest BCUT2D eigenvalue weighted by Crippen LogP contribution is -2.34. The minimum atomic E-state index is 0. The van der Waals surface area contributed by atoms with E-state index < -0.39 is 0 Å². The molecule has 5 heteroatoms. The summed E-state index contributed by atoms with van der Waals surface area (Å²) in [5.74, 6) is 1.54. The molecule has 3 aromatic rings. The number of fused-ring (bicyclic) bond motifs is 1. The van der Waals surface area contributed by atoms with Gasteiger partial charge in [0, 0.05) is 35.9 Å². The minimum absolute atomic E-state index is 0. The number of ether oxygens (including phenoxy) is 1. The first-order chi connectivity index (χ1) is 13.6. The fourth-order valence-corrected chi connectivity index (χ4v) is 3.92. The molecule has 0 aliphatic carbocycles. The zero-order valence-corrected chi connectivity index (χ0v) is 17.7. The van der Waals surface area contributed by atoms with E-state index >= 15 is 0 Å². The summed E-state index contributed by atoms with van der Waals surface area (Å²) in [7, 11) is 0. The number of aryl methyl sites for hydroxylation is 1. The maximum absolute atomic E-state index is 8.90. The number of anilines is 1. The minimum Gasteiger partial charge on any atom is -0.489 e. The van der Waals surface area contributed by atoms with Crippen LogP contribution in [0, 0.1) is 24.2 Å². The second-order valence-corrected chi connectivity index (χ2v) is 7.75. The SMILES string of the molecule is Cc1cc(N2CCC[C@@H](C)C2)c2ccc(OCc3ccc(C#N)cc3)cc2n1.Cl. The Hall–Kier alpha value is -2.77. The van der Waals surface area contributed by atoms with Crippen molar-refractivity contribution >= 4 is 29.0 Å². The Balaban J connectivity index is 0.00000240. The summed E-state index contributed by atoms with van der Waals surface area (Å²) in [6.07, 6.45) is 2.56. The molecule has 4 rings (SSSR count). The van der Waals surface area contributed by atoms with Crippen LogP contribution in [0.4, 0.5) is 5.69 Å². The Labute approximate surface area is 178 Å². The maximum Gasteiger partial charge on any atom is 0.122 e. The number of hydrogen-bond donors (Lipinski definition) is 0. The molecule has 2 heterocycles. The molecule has 0 radical (unpaired) electrons. The number of nitriles is 1. The van der Waals surface area contributed by atoms with Crippen molar-refractivity contribution in [2.45, 2.75) is 33.3 Å². The smallest absolute Gasteiger partial charge is 0.122 e. The van der Waals surface area contributed by atoms with Gasteiger partial charge in [0.1, 0.15) is 12.4 Å². The average Bonchev–Trinajstić information content (AvgIpc) is 2.71. The van der Waals surface area contributed by atoms with Crippen molar-refractivity contribution in [2.24, 2.45) is 5.92 Å². The number of pyridine rings is 1. The lowest BCUT2D eigenvalue weighted by atomic mass is 9.99. The van der Waals surface area contributed by atoms with Crippen molar-refractivity contribution in [3.8, 4) is 11.8 Å². The first kappa shape index (κ1) is 21.0. The highest BCUT2D eigenvalue weighted by Gasteiger charge is 2.19. The van der Waals surface area contributed by atoms with Gasteiger partial charge in [-0.15, -0.1) is 12.4 Å². The van der Waals surface area contributed by atoms with Crippen LogP contribution in [0.15, 0.2) is 48.5 Å². The number of aromatic nitrogens is 1. The number of nitrogens with zero attached hydrogens (tertiary/aromatic N) is 3. The molecule has 0 saturated carbocycles. The summed E-state index contributed by atoms with van der Waals surface area (Å²) in [4.78, 5) is 7.25. The van der Waals surface area contributed by atoms with Gasteiger partial charge in [-0.3, -0.25) is 4.98 Å². The van der Waals surface area contributed by atoms with Crippen LogP contribution in [0.3, 0.4) is 0 Å². The molecule has 1 atom stereocenters. The second kappa shape index (κ2) is 9.15. The van der Waals surface area contributed by atoms with Gasteiger partial charge in [0.15, 0.2) is 0 Å². The summed E-state index contributed by atoms with van der Waals surface area (Å²) in [5.41, 5.74) is 5.00. The van der Waals surface area contributed by atoms with Crippen LogP contribution in [-0.2, 0) is 6.61 Å². The molecule has 1 saturated heterocycles. The van der Waals surface area contributed by atoms with Crippen LogP contribution < -0.4 is 9.64 Å². The quantitative estimate of drug-likeness (QED) is 0.560. The molecule has 1 aliphatic rings. The van der Waals surface area contributed by atoms with Crippen molar-refractivity contribution in [1.82, 2.24) is 4.98 Å². The average molecular weight is 408 g/mol. The number of rotatable bonds is 4. The van der Waals surface area contributed by atoms with Gasteiger partial charge in [0.05, 0.1) is 17.1 Å². The zero-order valence-electron chi connectivity index (χ0n) is 16.9. The van der Waals surface area contributed by atoms with E-state index in [2.05, 4.69) is 36.9 Å². The molecule has 0 N–H and O–H groups in total. The fourth-order valence-electron chi connectivity index (χ4n) is 3.92. The van der Waals surface area contributed by atoms with E-state index in [1.54, 1.807) is 0 Å². The van der Waals surface area contributed by atoms with Gasteiger partial charge in [-0.1, -0.05) is 19.1 Å². The summed E-state index contributed by atoms with van der Waals surface area (Å²) < 4.78 is 5.98. The van der Waals surface area contributed by atoms with Crippen LogP contribution in [-0.4, -0.2) is 18.1 Å². The third-order valence-corrected chi connectivity index (χ3v) is 5.37. The predicted octanol–water partition coefficient (Wildman–Crippen LogP) is 5.65. The highest BCUT2D eigenvalue weighted by molar-refractivity contribution is 5.93. The molecular weight excluding hydrogens is 382 g/mol. The van der Waals surface area contributed by atoms with E-state index in [9.17, 15) is 0 Å². The third kappa shape index (κ3) is 4.81. The standard InChI is InChI=1S/C24H25N3O.ClH/c1-17-4-3-11-27(15-17)24-12-18(2)26-23-13-21(9-10-22(23)24)28-16-20-7-5-19(14-25)6-8-20;/h5-10,12-13,17H,3-4,11,15-16H2,1-2H3;1H/t17-;/m1./s1. The fraction of sp³-hybridized carbons (Fsp3) is 0.333. The van der Waals surface area contributed by atoms with E-state index in [0.29, 0.717) is 12.2 Å². The number of hydrogen-bond acceptors (Lipinski definition) is 4. The van der Waals surface area contributed by atoms with Crippen molar-refractivity contribution in [3.63, 3.8) is 0 Å². The van der Waals surface area contributed by atoms with Gasteiger partial charge >= 0.3 is 0 Å². The number of benzene rings is 2. The first-order valence-electron chi connectivity index (χ1n) is 9.90. The molecule has 0 bridgehead atoms. The molecule has 150 valence electrons. The maximum atomic E-state index is 8.90. The van der Waals surface area contributed by atoms with Gasteiger partial charge in [0.25, 0.3) is 0 Å². The molecule has 0 amide bonds. The summed E-state index contributed by atoms with van der Waals surface area (Å²) in [6.45, 7) is 7.08. The Morgan fingerprint density at radius 1 is 1.17 bits per heavy atom. The number of halogens is 1. The van der Waals surface area contributed by atoms with Gasteiger partial charge in [-0.2, -0.15) is 5.26 Å². The molecule has 1 fully saturated rings. The number of piperidine rings is 1. The van der Waals surface area contributed by atoms with Crippen molar-refractivity contribution in [2.75, 3.05) is 18.0 Å². The monoisotopic (exact) mass is 407 g/mol. The van der Waals surface area contributed by atoms with Crippen LogP contribution in [0.25, 0.3) is 10.9 Å². The van der Waals surface area contributed by atoms with Crippen molar-refractivity contribution in [3.05, 3.63) is 65.4 Å². The second-order valence-electron chi connectivity index (χ2n) is 7.75. The van der Waals surface area contributed by atoms with E-state index in [1.807, 2.05) is 36.4 Å². The highest BCUT2D eigenvalue weighted by atomic mass is 35.5. The third-order valence-electron chi connectivity index (χ3n) is 5.37. The highest BCUT2D eigenvalue weighted by Crippen LogP contribution is 2.32. The van der Waals surface area contributed by atoms with Gasteiger partial charge in [-0.05, 0) is 61.6 Å². The van der Waals surface area contributed by atoms with Crippen LogP contribution >= 0.6 is 12.4 Å². The van der Waals surface area contributed by atoms with E-state index in [4.69, 9.17) is 15.0 Å². The van der Waals surface area contributed by atoms with E-state index in [-0.39, 0.29) is 12.4 Å². The lowest BCUT2D eigenvalue weighted by Gasteiger charge is -2.33. The Bertz CT molecular complexity index is 1030. The molecule has 29 heavy (non-hydrogen) atoms. The molecule has 1 aliphatic heterocycles. The van der Waals surface area contributed by atoms with Crippen LogP contribution in [0.5, 0.6) is 5.75 Å². The molecule has 4 nitrogen and oxygen atoms in total. The van der Waals surface area contributed by atoms with Gasteiger partial charge < -0.3 is 9.64 Å². The van der Waals surface area contributed by atoms with Crippen LogP contribution in [0.2, 0.25) is 0 Å². The predicted molar refractivity (Wildman–Crippen MR) is 120 cm³/mol. The summed E-state index contributed by atoms with van der Waals surface area (Å²) >= 11 is 0. The molecule has 0 unspecified atom stereocenters. The molecule has 2 aromatic carbocycles. The van der Waals surface area contributed by atoms with Crippen molar-refractivity contribution in [1.29, 1.82) is 5.26 Å². The van der Waals surface area contributed by atoms with E-state index in [0.717, 1.165) is 41.5 Å². The Morgan fingerprint density at radius 3 is 2.69 bits per heavy atom. The largest absolute Gasteiger partial charge is 0.489 e. The van der Waals surface area contributed by atoms with Gasteiger partial charge in [-0.25, -0.2) is 0 Å². The zero-order chi connectivity index (χ0) is 19.5. The Kier molecular flexibility index (Phi) is 6.61. The summed E-state index contributed by atoms with van der Waals surface area (Å²) in [5, 5.41) is 10.1. The Morgan fingerprint density at radius 2 is 1.97 bits per heavy atom. The normalized spacial score (nSPS) is 16.2. The molecule has 0 spiro atoms. The van der Waals surface area contributed by atoms with Crippen LogP contribution in [0.1, 0.15) is 36.6 Å². The van der Waals surface area contributed by atoms with Crippen molar-refractivity contribution < 1.29 is 4.74 Å². The lowest BCUT2D eigenvalue weighted by molar-refractivity contribution is 0.306. The van der Waals surface area contributed by atoms with Gasteiger partial charge in [0.2, 0.25) is 0 Å².